The average molecular weight is 273 g/mol. The first-order valence-electron chi connectivity index (χ1n) is 5.92. The molecule has 0 atom stereocenters. The molecule has 98 valence electrons. The van der Waals surface area contributed by atoms with Crippen molar-refractivity contribution in [3.63, 3.8) is 0 Å². The molecule has 2 N–H and O–H groups in total. The fourth-order valence-corrected chi connectivity index (χ4v) is 2.31. The van der Waals surface area contributed by atoms with Crippen LogP contribution in [0.25, 0.3) is 0 Å². The molecule has 0 aromatic heterocycles. The molecule has 3 nitrogen and oxygen atoms in total. The highest BCUT2D eigenvalue weighted by Crippen LogP contribution is 2.21. The van der Waals surface area contributed by atoms with E-state index < -0.39 is 0 Å². The third-order valence-corrected chi connectivity index (χ3v) is 3.52. The van der Waals surface area contributed by atoms with Crippen LogP contribution in [0.5, 0.6) is 5.75 Å². The minimum absolute atomic E-state index is 0.0383. The molecule has 0 saturated carbocycles. The van der Waals surface area contributed by atoms with Crippen LogP contribution in [0.3, 0.4) is 0 Å². The highest BCUT2D eigenvalue weighted by Gasteiger charge is 2.03. The number of carbonyl (C=O) groups excluding carboxylic acids is 1. The van der Waals surface area contributed by atoms with E-state index in [4.69, 9.17) is 5.11 Å². The maximum Gasteiger partial charge on any atom is 0.234 e. The van der Waals surface area contributed by atoms with E-state index in [9.17, 15) is 4.79 Å². The van der Waals surface area contributed by atoms with Crippen LogP contribution < -0.4 is 5.32 Å². The van der Waals surface area contributed by atoms with Gasteiger partial charge < -0.3 is 10.4 Å². The zero-order valence-electron chi connectivity index (χ0n) is 10.6. The van der Waals surface area contributed by atoms with E-state index in [0.29, 0.717) is 5.75 Å². The van der Waals surface area contributed by atoms with Crippen molar-refractivity contribution in [2.75, 3.05) is 11.1 Å². The number of aryl methyl sites for hydroxylation is 1. The number of carbonyl (C=O) groups is 1. The van der Waals surface area contributed by atoms with Gasteiger partial charge in [0.15, 0.2) is 0 Å². The topological polar surface area (TPSA) is 49.3 Å². The summed E-state index contributed by atoms with van der Waals surface area (Å²) in [5, 5.41) is 12.0. The van der Waals surface area contributed by atoms with Crippen molar-refractivity contribution in [3.8, 4) is 5.75 Å². The Hall–Kier alpha value is -1.94. The molecular formula is C15H15NO2S. The third kappa shape index (κ3) is 4.34. The van der Waals surface area contributed by atoms with Crippen LogP contribution in [0.1, 0.15) is 5.56 Å². The Balaban J connectivity index is 1.86. The maximum absolute atomic E-state index is 11.8. The molecule has 0 aliphatic heterocycles. The Bertz CT molecular complexity index is 567. The lowest BCUT2D eigenvalue weighted by molar-refractivity contribution is -0.113. The van der Waals surface area contributed by atoms with Gasteiger partial charge in [0.25, 0.3) is 0 Å². The molecule has 4 heteroatoms. The molecule has 1 amide bonds. The van der Waals surface area contributed by atoms with E-state index in [2.05, 4.69) is 5.32 Å². The number of benzene rings is 2. The predicted molar refractivity (Wildman–Crippen MR) is 78.6 cm³/mol. The summed E-state index contributed by atoms with van der Waals surface area (Å²) < 4.78 is 0. The second kappa shape index (κ2) is 6.29. The number of thioether (sulfide) groups is 1. The minimum Gasteiger partial charge on any atom is -0.508 e. The fraction of sp³-hybridized carbons (Fsp3) is 0.133. The first-order chi connectivity index (χ1) is 9.13. The van der Waals surface area contributed by atoms with Gasteiger partial charge in [-0.2, -0.15) is 0 Å². The van der Waals surface area contributed by atoms with Crippen molar-refractivity contribution in [1.82, 2.24) is 0 Å². The van der Waals surface area contributed by atoms with E-state index >= 15 is 0 Å². The number of anilines is 1. The number of phenolic OH excluding ortho intramolecular Hbond substituents is 1. The van der Waals surface area contributed by atoms with Crippen molar-refractivity contribution in [2.24, 2.45) is 0 Å². The van der Waals surface area contributed by atoms with Crippen LogP contribution in [0.4, 0.5) is 5.69 Å². The number of rotatable bonds is 4. The first-order valence-corrected chi connectivity index (χ1v) is 6.90. The third-order valence-electron chi connectivity index (χ3n) is 2.51. The Labute approximate surface area is 116 Å². The highest BCUT2D eigenvalue weighted by atomic mass is 32.2. The van der Waals surface area contributed by atoms with Crippen molar-refractivity contribution in [1.29, 1.82) is 0 Å². The molecule has 0 unspecified atom stereocenters. The summed E-state index contributed by atoms with van der Waals surface area (Å²) >= 11 is 1.44. The molecular weight excluding hydrogens is 258 g/mol. The van der Waals surface area contributed by atoms with E-state index in [1.807, 2.05) is 31.2 Å². The number of hydrogen-bond donors (Lipinski definition) is 2. The number of phenols is 1. The molecule has 0 radical (unpaired) electrons. The Morgan fingerprint density at radius 2 is 1.95 bits per heavy atom. The summed E-state index contributed by atoms with van der Waals surface area (Å²) in [7, 11) is 0. The summed E-state index contributed by atoms with van der Waals surface area (Å²) in [6.07, 6.45) is 0. The number of amides is 1. The zero-order chi connectivity index (χ0) is 13.7. The van der Waals surface area contributed by atoms with Gasteiger partial charge in [-0.25, -0.2) is 0 Å². The molecule has 0 spiro atoms. The molecule has 2 aromatic carbocycles. The van der Waals surface area contributed by atoms with Crippen LogP contribution in [0.2, 0.25) is 0 Å². The first kappa shape index (κ1) is 13.5. The molecule has 19 heavy (non-hydrogen) atoms. The second-order valence-corrected chi connectivity index (χ2v) is 5.25. The standard InChI is InChI=1S/C15H15NO2S/c1-11-3-2-4-12(9-11)16-15(18)10-19-14-7-5-13(17)6-8-14/h2-9,17H,10H2,1H3,(H,16,18). The predicted octanol–water partition coefficient (Wildman–Crippen LogP) is 3.43. The van der Waals surface area contributed by atoms with E-state index in [-0.39, 0.29) is 11.7 Å². The summed E-state index contributed by atoms with van der Waals surface area (Å²) in [6.45, 7) is 1.99. The average Bonchev–Trinajstić information content (AvgIpc) is 2.38. The smallest absolute Gasteiger partial charge is 0.234 e. The normalized spacial score (nSPS) is 10.2. The molecule has 0 fully saturated rings. The van der Waals surface area contributed by atoms with Gasteiger partial charge in [-0.3, -0.25) is 4.79 Å². The van der Waals surface area contributed by atoms with Gasteiger partial charge in [0.05, 0.1) is 5.75 Å². The zero-order valence-corrected chi connectivity index (χ0v) is 11.4. The van der Waals surface area contributed by atoms with Crippen molar-refractivity contribution in [3.05, 3.63) is 54.1 Å². The molecule has 0 bridgehead atoms. The fourth-order valence-electron chi connectivity index (χ4n) is 1.61. The SMILES string of the molecule is Cc1cccc(NC(=O)CSc2ccc(O)cc2)c1. The van der Waals surface area contributed by atoms with Gasteiger partial charge in [-0.05, 0) is 48.9 Å². The van der Waals surface area contributed by atoms with E-state index in [1.54, 1.807) is 24.3 Å². The lowest BCUT2D eigenvalue weighted by Crippen LogP contribution is -2.13. The van der Waals surface area contributed by atoms with Crippen LogP contribution in [-0.4, -0.2) is 16.8 Å². The lowest BCUT2D eigenvalue weighted by atomic mass is 10.2. The van der Waals surface area contributed by atoms with Gasteiger partial charge in [0.1, 0.15) is 5.75 Å². The highest BCUT2D eigenvalue weighted by molar-refractivity contribution is 8.00. The molecule has 2 aromatic rings. The van der Waals surface area contributed by atoms with Gasteiger partial charge >= 0.3 is 0 Å². The molecule has 2 rings (SSSR count). The second-order valence-electron chi connectivity index (χ2n) is 4.20. The summed E-state index contributed by atoms with van der Waals surface area (Å²) in [5.41, 5.74) is 1.93. The van der Waals surface area contributed by atoms with Gasteiger partial charge in [0.2, 0.25) is 5.91 Å². The molecule has 0 aliphatic rings. The molecule has 0 heterocycles. The van der Waals surface area contributed by atoms with Gasteiger partial charge in [-0.15, -0.1) is 11.8 Å². The van der Waals surface area contributed by atoms with Gasteiger partial charge in [0, 0.05) is 10.6 Å². The number of hydrogen-bond acceptors (Lipinski definition) is 3. The monoisotopic (exact) mass is 273 g/mol. The molecule has 0 aliphatic carbocycles. The van der Waals surface area contributed by atoms with E-state index in [0.717, 1.165) is 16.1 Å². The lowest BCUT2D eigenvalue weighted by Gasteiger charge is -2.06. The van der Waals surface area contributed by atoms with Crippen LogP contribution >= 0.6 is 11.8 Å². The molecule has 0 saturated heterocycles. The van der Waals surface area contributed by atoms with Crippen molar-refractivity contribution >= 4 is 23.4 Å². The summed E-state index contributed by atoms with van der Waals surface area (Å²) in [6, 6.07) is 14.5. The van der Waals surface area contributed by atoms with Crippen LogP contribution in [0, 0.1) is 6.92 Å². The van der Waals surface area contributed by atoms with Crippen molar-refractivity contribution in [2.45, 2.75) is 11.8 Å². The van der Waals surface area contributed by atoms with Gasteiger partial charge in [-0.1, -0.05) is 12.1 Å². The number of nitrogens with one attached hydrogen (secondary N) is 1. The quantitative estimate of drug-likeness (QED) is 0.839. The Morgan fingerprint density at radius 3 is 2.63 bits per heavy atom. The van der Waals surface area contributed by atoms with Crippen LogP contribution in [-0.2, 0) is 4.79 Å². The maximum atomic E-state index is 11.8. The Morgan fingerprint density at radius 1 is 1.21 bits per heavy atom. The van der Waals surface area contributed by atoms with E-state index in [1.165, 1.54) is 11.8 Å². The minimum atomic E-state index is -0.0383. The van der Waals surface area contributed by atoms with Crippen LogP contribution in [0.15, 0.2) is 53.4 Å². The largest absolute Gasteiger partial charge is 0.508 e. The summed E-state index contributed by atoms with van der Waals surface area (Å²) in [5.74, 6) is 0.538. The number of aromatic hydroxyl groups is 1. The Kier molecular flexibility index (Phi) is 4.47. The summed E-state index contributed by atoms with van der Waals surface area (Å²) in [4.78, 5) is 12.7. The van der Waals surface area contributed by atoms with Crippen molar-refractivity contribution < 1.29 is 9.90 Å².